The van der Waals surface area contributed by atoms with Gasteiger partial charge in [-0.2, -0.15) is 26.3 Å². The summed E-state index contributed by atoms with van der Waals surface area (Å²) in [6.07, 6.45) is -9.55. The Bertz CT molecular complexity index is 3120. The van der Waals surface area contributed by atoms with Crippen LogP contribution in [-0.2, 0) is 32.4 Å². The summed E-state index contributed by atoms with van der Waals surface area (Å²) in [4.78, 5) is 22.1. The monoisotopic (exact) mass is 1100 g/mol. The van der Waals surface area contributed by atoms with E-state index in [1.807, 2.05) is 42.5 Å². The van der Waals surface area contributed by atoms with Crippen molar-refractivity contribution in [3.8, 4) is 51.0 Å². The van der Waals surface area contributed by atoms with Crippen LogP contribution in [0, 0.1) is 0 Å². The molecular formula is C50H50ClF6N4NaO10S2. The van der Waals surface area contributed by atoms with Crippen LogP contribution in [0.1, 0.15) is 52.7 Å². The summed E-state index contributed by atoms with van der Waals surface area (Å²) in [6, 6.07) is 29.9. The molecule has 4 N–H and O–H groups in total. The zero-order valence-corrected chi connectivity index (χ0v) is 45.6. The number of benzene rings is 6. The molecule has 0 aliphatic carbocycles. The van der Waals surface area contributed by atoms with Crippen molar-refractivity contribution in [2.75, 3.05) is 14.2 Å². The third kappa shape index (κ3) is 19.3. The normalized spacial score (nSPS) is 11.7. The van der Waals surface area contributed by atoms with E-state index in [-0.39, 0.29) is 46.8 Å². The van der Waals surface area contributed by atoms with E-state index in [0.717, 1.165) is 34.6 Å². The van der Waals surface area contributed by atoms with Gasteiger partial charge in [0.25, 0.3) is 20.0 Å². The van der Waals surface area contributed by atoms with Gasteiger partial charge in [0.15, 0.2) is 0 Å². The summed E-state index contributed by atoms with van der Waals surface area (Å²) < 4.78 is 147. The molecular weight excluding hydrogens is 1050 g/mol. The first kappa shape index (κ1) is 62.1. The number of urea groups is 2. The van der Waals surface area contributed by atoms with Gasteiger partial charge in [0, 0.05) is 11.1 Å². The fourth-order valence-electron chi connectivity index (χ4n) is 6.06. The molecule has 6 aromatic carbocycles. The average Bonchev–Trinajstić information content (AvgIpc) is 3.27. The predicted molar refractivity (Wildman–Crippen MR) is 261 cm³/mol. The van der Waals surface area contributed by atoms with Crippen LogP contribution >= 0.6 is 11.6 Å². The van der Waals surface area contributed by atoms with Gasteiger partial charge < -0.3 is 30.0 Å². The summed E-state index contributed by atoms with van der Waals surface area (Å²) in [7, 11) is -6.10. The number of nitrogens with one attached hydrogen (secondary N) is 4. The minimum Gasteiger partial charge on any atom is -0.872 e. The quantitative estimate of drug-likeness (QED) is 0.0761. The standard InChI is InChI=1S/C25H25F3N2O5S.C13H12O2.C12H14ClF3N2O3S.Na/c1-24(2,3)29-23(31)30-36(32,33)22-15-18(25(26,27)28)10-13-21(22)35-20-7-5-6-17(14-20)16-8-11-19(34-4)12-9-16;1-15-13-7-5-10(6-8-13)11-3-2-4-12(14)9-11;1-11(2,3)17-10(19)18-22(20,21)9-6-7(12(14,15)16)4-5-8(9)13;/h5-15H,1-4H3,(H2,29,30,31);2-9,14H,1H3;4-6H,1-3H3,(H2,17,18,19);/q;;;+1/p-1. The maximum absolute atomic E-state index is 13.4. The molecule has 0 fully saturated rings. The molecule has 0 aliphatic heterocycles. The SMILES string of the molecule is CC(C)(C)NC(=O)NS(=O)(=O)c1cc(C(F)(F)F)ccc1Cl.COc1ccc(-c2cccc(Oc3ccc(C(F)(F)F)cc3S(=O)(=O)NC(=O)NC(C)(C)C)c2)cc1.COc1ccc(-c2cccc([O-])c2)cc1.[Na+]. The van der Waals surface area contributed by atoms with Crippen molar-refractivity contribution in [1.29, 1.82) is 0 Å². The van der Waals surface area contributed by atoms with E-state index in [2.05, 4.69) is 10.6 Å². The summed E-state index contributed by atoms with van der Waals surface area (Å²) in [5, 5.41) is 15.4. The van der Waals surface area contributed by atoms with E-state index >= 15 is 0 Å². The van der Waals surface area contributed by atoms with E-state index in [1.54, 1.807) is 114 Å². The van der Waals surface area contributed by atoms with Crippen LogP contribution < -0.4 is 69.0 Å². The average molecular weight is 1100 g/mol. The van der Waals surface area contributed by atoms with Gasteiger partial charge in [0.2, 0.25) is 0 Å². The number of ether oxygens (including phenoxy) is 3. The van der Waals surface area contributed by atoms with E-state index in [0.29, 0.717) is 35.6 Å². The van der Waals surface area contributed by atoms with E-state index in [1.165, 1.54) is 6.07 Å². The fraction of sp³-hybridized carbons (Fsp3) is 0.240. The number of alkyl halides is 6. The Morgan fingerprint density at radius 2 is 0.919 bits per heavy atom. The van der Waals surface area contributed by atoms with Crippen LogP contribution in [0.5, 0.6) is 28.7 Å². The van der Waals surface area contributed by atoms with Crippen LogP contribution in [0.4, 0.5) is 35.9 Å². The first-order chi connectivity index (χ1) is 33.7. The minimum atomic E-state index is -4.81. The molecule has 0 unspecified atom stereocenters. The molecule has 0 aliphatic rings. The molecule has 24 heteroatoms. The molecule has 0 atom stereocenters. The van der Waals surface area contributed by atoms with Crippen molar-refractivity contribution < 1.29 is 102 Å². The van der Waals surface area contributed by atoms with Crippen molar-refractivity contribution >= 4 is 43.7 Å². The Kier molecular flexibility index (Phi) is 21.3. The first-order valence-corrected chi connectivity index (χ1v) is 24.7. The van der Waals surface area contributed by atoms with Gasteiger partial charge in [-0.3, -0.25) is 0 Å². The Balaban J connectivity index is 0.000000322. The Hall–Kier alpha value is -6.17. The largest absolute Gasteiger partial charge is 1.00 e. The van der Waals surface area contributed by atoms with Crippen LogP contribution in [0.25, 0.3) is 22.3 Å². The first-order valence-electron chi connectivity index (χ1n) is 21.3. The van der Waals surface area contributed by atoms with Gasteiger partial charge in [-0.1, -0.05) is 72.3 Å². The number of rotatable bonds is 10. The van der Waals surface area contributed by atoms with Crippen LogP contribution in [0.2, 0.25) is 5.02 Å². The molecule has 0 saturated heterocycles. The molecule has 4 amide bonds. The van der Waals surface area contributed by atoms with E-state index in [4.69, 9.17) is 25.8 Å². The number of halogens is 7. The third-order valence-corrected chi connectivity index (χ3v) is 12.4. The van der Waals surface area contributed by atoms with E-state index in [9.17, 15) is 57.9 Å². The molecule has 0 aromatic heterocycles. The van der Waals surface area contributed by atoms with Crippen LogP contribution in [0.15, 0.2) is 143 Å². The molecule has 6 rings (SSSR count). The van der Waals surface area contributed by atoms with Crippen molar-refractivity contribution in [2.45, 2.75) is 74.8 Å². The van der Waals surface area contributed by atoms with Crippen molar-refractivity contribution in [1.82, 2.24) is 20.1 Å². The van der Waals surface area contributed by atoms with Gasteiger partial charge in [0.05, 0.1) is 30.4 Å². The summed E-state index contributed by atoms with van der Waals surface area (Å²) in [6.45, 7) is 9.68. The zero-order valence-electron chi connectivity index (χ0n) is 41.2. The number of carbonyl (C=O) groups is 2. The second-order valence-corrected chi connectivity index (χ2v) is 21.2. The molecule has 6 aromatic rings. The topological polar surface area (TPSA) is 201 Å². The summed E-state index contributed by atoms with van der Waals surface area (Å²) in [5.74, 6) is 1.30. The maximum atomic E-state index is 13.4. The van der Waals surface area contributed by atoms with Gasteiger partial charge in [-0.15, -0.1) is 5.75 Å². The Morgan fingerprint density at radius 3 is 1.34 bits per heavy atom. The summed E-state index contributed by atoms with van der Waals surface area (Å²) in [5.41, 5.74) is -0.423. The maximum Gasteiger partial charge on any atom is 1.00 e. The van der Waals surface area contributed by atoms with Gasteiger partial charge in [-0.05, 0) is 137 Å². The number of hydrogen-bond acceptors (Lipinski definition) is 10. The second kappa shape index (κ2) is 25.4. The molecule has 392 valence electrons. The fourth-order valence-corrected chi connectivity index (χ4v) is 8.56. The van der Waals surface area contributed by atoms with Gasteiger partial charge in [-0.25, -0.2) is 35.9 Å². The smallest absolute Gasteiger partial charge is 0.872 e. The van der Waals surface area contributed by atoms with Crippen LogP contribution in [0.3, 0.4) is 0 Å². The van der Waals surface area contributed by atoms with Crippen molar-refractivity contribution in [2.24, 2.45) is 0 Å². The molecule has 0 heterocycles. The minimum absolute atomic E-state index is 0. The number of carbonyl (C=O) groups excluding carboxylic acids is 2. The molecule has 74 heavy (non-hydrogen) atoms. The Morgan fingerprint density at radius 1 is 0.514 bits per heavy atom. The van der Waals surface area contributed by atoms with E-state index < -0.39 is 81.5 Å². The molecule has 0 saturated carbocycles. The summed E-state index contributed by atoms with van der Waals surface area (Å²) >= 11 is 5.63. The van der Waals surface area contributed by atoms with Crippen molar-refractivity contribution in [3.05, 3.63) is 150 Å². The molecule has 0 radical (unpaired) electrons. The van der Waals surface area contributed by atoms with Gasteiger partial charge in [0.1, 0.15) is 32.8 Å². The van der Waals surface area contributed by atoms with Crippen LogP contribution in [-0.4, -0.2) is 54.2 Å². The number of methoxy groups -OCH3 is 2. The molecule has 0 spiro atoms. The number of amides is 4. The zero-order chi connectivity index (χ0) is 54.7. The number of sulfonamides is 2. The molecule has 0 bridgehead atoms. The third-order valence-electron chi connectivity index (χ3n) is 9.28. The second-order valence-electron chi connectivity index (χ2n) is 17.5. The van der Waals surface area contributed by atoms with Gasteiger partial charge >= 0.3 is 54.0 Å². The predicted octanol–water partition coefficient (Wildman–Crippen LogP) is 8.54. The van der Waals surface area contributed by atoms with Crippen molar-refractivity contribution in [3.63, 3.8) is 0 Å². The Labute approximate surface area is 452 Å². The molecule has 14 nitrogen and oxygen atoms in total. The number of hydrogen-bond donors (Lipinski definition) is 4.